The number of hydrogen-bond acceptors (Lipinski definition) is 9. The first-order chi connectivity index (χ1) is 20.7. The minimum Gasteiger partial charge on any atom is -0.481 e. The van der Waals surface area contributed by atoms with Crippen LogP contribution in [0.25, 0.3) is 16.8 Å². The molecule has 1 atom stereocenters. The Balaban J connectivity index is 1.70. The molecule has 0 bridgehead atoms. The van der Waals surface area contributed by atoms with Crippen molar-refractivity contribution >= 4 is 45.8 Å². The van der Waals surface area contributed by atoms with Crippen molar-refractivity contribution in [3.8, 4) is 5.75 Å². The molecular formula is C33H33N3O6S. The van der Waals surface area contributed by atoms with Crippen molar-refractivity contribution in [1.82, 2.24) is 4.57 Å². The number of ether oxygens (including phenoxy) is 3. The van der Waals surface area contributed by atoms with Crippen molar-refractivity contribution in [2.24, 2.45) is 4.99 Å². The first-order valence-electron chi connectivity index (χ1n) is 14.0. The van der Waals surface area contributed by atoms with Gasteiger partial charge in [-0.25, -0.2) is 14.6 Å². The van der Waals surface area contributed by atoms with Gasteiger partial charge >= 0.3 is 11.9 Å². The minimum atomic E-state index is -0.722. The zero-order valence-electron chi connectivity index (χ0n) is 24.7. The number of benzene rings is 3. The first kappa shape index (κ1) is 29.8. The van der Waals surface area contributed by atoms with E-state index in [2.05, 4.69) is 4.99 Å². The van der Waals surface area contributed by atoms with E-state index in [1.54, 1.807) is 37.5 Å². The van der Waals surface area contributed by atoms with Crippen LogP contribution in [0.5, 0.6) is 5.75 Å². The van der Waals surface area contributed by atoms with Crippen LogP contribution in [-0.4, -0.2) is 50.4 Å². The maximum absolute atomic E-state index is 14.2. The number of rotatable bonds is 9. The lowest BCUT2D eigenvalue weighted by molar-refractivity contribution is -0.145. The van der Waals surface area contributed by atoms with Gasteiger partial charge in [-0.3, -0.25) is 9.36 Å². The summed E-state index contributed by atoms with van der Waals surface area (Å²) >= 11 is 1.23. The van der Waals surface area contributed by atoms with E-state index in [0.717, 1.165) is 22.0 Å². The fourth-order valence-electron chi connectivity index (χ4n) is 5.08. The van der Waals surface area contributed by atoms with Crippen LogP contribution in [0.1, 0.15) is 37.9 Å². The molecule has 0 amide bonds. The molecule has 0 saturated carbocycles. The highest BCUT2D eigenvalue weighted by atomic mass is 32.1. The summed E-state index contributed by atoms with van der Waals surface area (Å²) in [6.45, 7) is 5.42. The Bertz CT molecular complexity index is 1900. The molecule has 3 aromatic carbocycles. The van der Waals surface area contributed by atoms with Gasteiger partial charge in [0.15, 0.2) is 11.4 Å². The number of nitrogens with zero attached hydrogens (tertiary/aromatic N) is 3. The van der Waals surface area contributed by atoms with E-state index in [1.807, 2.05) is 73.6 Å². The van der Waals surface area contributed by atoms with Gasteiger partial charge in [0.2, 0.25) is 0 Å². The molecule has 5 rings (SSSR count). The van der Waals surface area contributed by atoms with Gasteiger partial charge in [0.1, 0.15) is 5.75 Å². The Hall–Kier alpha value is -4.70. The number of anilines is 1. The summed E-state index contributed by atoms with van der Waals surface area (Å²) in [4.78, 5) is 46.6. The summed E-state index contributed by atoms with van der Waals surface area (Å²) in [6, 6.07) is 18.4. The predicted octanol–water partition coefficient (Wildman–Crippen LogP) is 3.96. The summed E-state index contributed by atoms with van der Waals surface area (Å²) in [6.07, 6.45) is 1.77. The van der Waals surface area contributed by atoms with Gasteiger partial charge in [-0.15, -0.1) is 0 Å². The third kappa shape index (κ3) is 5.96. The molecule has 0 unspecified atom stereocenters. The normalized spacial score (nSPS) is 14.7. The lowest BCUT2D eigenvalue weighted by atomic mass is 9.95. The fourth-order valence-corrected chi connectivity index (χ4v) is 6.11. The highest BCUT2D eigenvalue weighted by Gasteiger charge is 2.33. The molecule has 0 N–H and O–H groups in total. The fraction of sp³-hybridized carbons (Fsp3) is 0.273. The van der Waals surface area contributed by atoms with E-state index in [0.29, 0.717) is 31.9 Å². The molecule has 1 aliphatic rings. The van der Waals surface area contributed by atoms with Crippen LogP contribution >= 0.6 is 11.3 Å². The Kier molecular flexibility index (Phi) is 8.77. The Labute approximate surface area is 253 Å². The number of esters is 2. The Morgan fingerprint density at radius 1 is 1.00 bits per heavy atom. The molecule has 0 fully saturated rings. The molecule has 2 heterocycles. The molecular weight excluding hydrogens is 566 g/mol. The molecule has 222 valence electrons. The molecule has 0 radical (unpaired) electrons. The Morgan fingerprint density at radius 3 is 2.42 bits per heavy atom. The van der Waals surface area contributed by atoms with Gasteiger partial charge in [0, 0.05) is 25.3 Å². The van der Waals surface area contributed by atoms with Crippen LogP contribution in [-0.2, 0) is 19.1 Å². The summed E-state index contributed by atoms with van der Waals surface area (Å²) < 4.78 is 18.3. The molecule has 0 aliphatic carbocycles. The van der Waals surface area contributed by atoms with Crippen molar-refractivity contribution in [3.05, 3.63) is 103 Å². The first-order valence-corrected chi connectivity index (χ1v) is 14.8. The molecule has 1 aliphatic heterocycles. The third-order valence-corrected chi connectivity index (χ3v) is 8.08. The monoisotopic (exact) mass is 599 g/mol. The maximum atomic E-state index is 14.2. The van der Waals surface area contributed by atoms with Gasteiger partial charge in [-0.05, 0) is 61.4 Å². The highest BCUT2D eigenvalue weighted by molar-refractivity contribution is 7.07. The second kappa shape index (κ2) is 12.7. The van der Waals surface area contributed by atoms with Crippen molar-refractivity contribution in [2.75, 3.05) is 38.8 Å². The van der Waals surface area contributed by atoms with E-state index >= 15 is 0 Å². The predicted molar refractivity (Wildman–Crippen MR) is 167 cm³/mol. The summed E-state index contributed by atoms with van der Waals surface area (Å²) in [5, 5.41) is 1.80. The lowest BCUT2D eigenvalue weighted by Gasteiger charge is -2.25. The van der Waals surface area contributed by atoms with E-state index in [9.17, 15) is 14.4 Å². The average Bonchev–Trinajstić information content (AvgIpc) is 3.30. The van der Waals surface area contributed by atoms with Crippen LogP contribution in [0.15, 0.2) is 81.7 Å². The molecule has 10 heteroatoms. The zero-order valence-corrected chi connectivity index (χ0v) is 25.6. The number of carbonyl (C=O) groups excluding carboxylic acids is 2. The van der Waals surface area contributed by atoms with Crippen molar-refractivity contribution in [2.45, 2.75) is 26.8 Å². The smallest absolute Gasteiger partial charge is 0.344 e. The van der Waals surface area contributed by atoms with Crippen LogP contribution in [0.4, 0.5) is 5.69 Å². The van der Waals surface area contributed by atoms with Gasteiger partial charge in [0.25, 0.3) is 5.56 Å². The second-order valence-corrected chi connectivity index (χ2v) is 11.1. The SMILES string of the molecule is CCOC(=O)COc1ccc2ccccc2c1/C=c1\sc2n(c1=O)[C@H](c1ccc(N(C)C)cc1)C(C(=O)OCC)=C(C)N=2. The van der Waals surface area contributed by atoms with Crippen LogP contribution in [0.3, 0.4) is 0 Å². The summed E-state index contributed by atoms with van der Waals surface area (Å²) in [7, 11) is 3.90. The molecule has 9 nitrogen and oxygen atoms in total. The van der Waals surface area contributed by atoms with E-state index in [-0.39, 0.29) is 25.4 Å². The lowest BCUT2D eigenvalue weighted by Crippen LogP contribution is -2.40. The van der Waals surface area contributed by atoms with Crippen LogP contribution in [0, 0.1) is 0 Å². The van der Waals surface area contributed by atoms with Gasteiger partial charge in [-0.2, -0.15) is 0 Å². The molecule has 43 heavy (non-hydrogen) atoms. The standard InChI is InChI=1S/C33H33N3O6S/c1-6-40-28(37)19-42-26-17-14-21-10-8-9-11-24(21)25(26)18-27-31(38)36-30(22-12-15-23(16-13-22)35(4)5)29(32(39)41-7-2)20(3)34-33(36)43-27/h8-18,30H,6-7,19H2,1-5H3/b27-18-/t30-/m1/s1. The number of aromatic nitrogens is 1. The second-order valence-electron chi connectivity index (χ2n) is 10.1. The largest absolute Gasteiger partial charge is 0.481 e. The molecule has 1 aromatic heterocycles. The minimum absolute atomic E-state index is 0.196. The number of hydrogen-bond donors (Lipinski definition) is 0. The number of carbonyl (C=O) groups is 2. The molecule has 0 saturated heterocycles. The van der Waals surface area contributed by atoms with Crippen molar-refractivity contribution in [3.63, 3.8) is 0 Å². The molecule has 4 aromatic rings. The van der Waals surface area contributed by atoms with Gasteiger partial charge in [-0.1, -0.05) is 53.8 Å². The van der Waals surface area contributed by atoms with Crippen LogP contribution < -0.4 is 24.5 Å². The van der Waals surface area contributed by atoms with Crippen LogP contribution in [0.2, 0.25) is 0 Å². The number of allylic oxidation sites excluding steroid dienone is 1. The average molecular weight is 600 g/mol. The maximum Gasteiger partial charge on any atom is 0.344 e. The Morgan fingerprint density at radius 2 is 1.72 bits per heavy atom. The van der Waals surface area contributed by atoms with Crippen molar-refractivity contribution < 1.29 is 23.8 Å². The molecule has 0 spiro atoms. The topological polar surface area (TPSA) is 99.4 Å². The number of thiazole rings is 1. The quantitative estimate of drug-likeness (QED) is 0.269. The zero-order chi connectivity index (χ0) is 30.7. The van der Waals surface area contributed by atoms with E-state index in [4.69, 9.17) is 14.2 Å². The number of fused-ring (bicyclic) bond motifs is 2. The summed E-state index contributed by atoms with van der Waals surface area (Å²) in [5.41, 5.74) is 2.92. The van der Waals surface area contributed by atoms with Gasteiger partial charge in [0.05, 0.1) is 35.1 Å². The summed E-state index contributed by atoms with van der Waals surface area (Å²) in [5.74, 6) is -0.552. The van der Waals surface area contributed by atoms with Gasteiger partial charge < -0.3 is 19.1 Å². The van der Waals surface area contributed by atoms with E-state index in [1.165, 1.54) is 11.3 Å². The third-order valence-electron chi connectivity index (χ3n) is 7.10. The highest BCUT2D eigenvalue weighted by Crippen LogP contribution is 2.32. The van der Waals surface area contributed by atoms with Crippen molar-refractivity contribution in [1.29, 1.82) is 0 Å². The van der Waals surface area contributed by atoms with E-state index < -0.39 is 18.0 Å².